The number of hydrogen-bond acceptors (Lipinski definition) is 4. The molecule has 1 atom stereocenters. The Hall–Kier alpha value is -2.47. The van der Waals surface area contributed by atoms with E-state index < -0.39 is 6.04 Å². The lowest BCUT2D eigenvalue weighted by Gasteiger charge is -2.36. The Morgan fingerprint density at radius 3 is 2.54 bits per heavy atom. The minimum Gasteiger partial charge on any atom is -0.490 e. The summed E-state index contributed by atoms with van der Waals surface area (Å²) in [5.74, 6) is 0.477. The van der Waals surface area contributed by atoms with Gasteiger partial charge in [-0.25, -0.2) is 4.39 Å². The molecule has 0 saturated carbocycles. The molecule has 2 aromatic rings. The van der Waals surface area contributed by atoms with Crippen LogP contribution in [0, 0.1) is 5.82 Å². The van der Waals surface area contributed by atoms with E-state index in [9.17, 15) is 9.18 Å². The van der Waals surface area contributed by atoms with Crippen LogP contribution >= 0.6 is 0 Å². The number of hydrogen-bond donors (Lipinski definition) is 0. The van der Waals surface area contributed by atoms with Crippen LogP contribution < -0.4 is 4.74 Å². The van der Waals surface area contributed by atoms with Crippen molar-refractivity contribution in [3.63, 3.8) is 0 Å². The predicted molar refractivity (Wildman–Crippen MR) is 97.3 cm³/mol. The van der Waals surface area contributed by atoms with E-state index in [1.807, 2.05) is 36.0 Å². The van der Waals surface area contributed by atoms with Gasteiger partial charge in [0.05, 0.1) is 0 Å². The number of benzene rings is 1. The van der Waals surface area contributed by atoms with Crippen molar-refractivity contribution in [3.8, 4) is 5.75 Å². The molecule has 0 aliphatic carbocycles. The molecule has 1 amide bonds. The van der Waals surface area contributed by atoms with Crippen LogP contribution in [0.3, 0.4) is 0 Å². The molecular weight excluding hydrogens is 333 g/mol. The first-order chi connectivity index (χ1) is 12.5. The minimum absolute atomic E-state index is 0.00274. The summed E-state index contributed by atoms with van der Waals surface area (Å²) in [7, 11) is 3.68. The highest BCUT2D eigenvalue weighted by molar-refractivity contribution is 5.83. The van der Waals surface area contributed by atoms with Crippen LogP contribution in [0.1, 0.15) is 24.4 Å². The van der Waals surface area contributed by atoms with E-state index in [2.05, 4.69) is 4.98 Å². The molecule has 2 heterocycles. The molecule has 0 spiro atoms. The summed E-state index contributed by atoms with van der Waals surface area (Å²) in [5, 5.41) is 0. The summed E-state index contributed by atoms with van der Waals surface area (Å²) >= 11 is 0. The van der Waals surface area contributed by atoms with Crippen molar-refractivity contribution in [1.82, 2.24) is 14.8 Å². The first-order valence-corrected chi connectivity index (χ1v) is 8.82. The lowest BCUT2D eigenvalue weighted by molar-refractivity contribution is -0.138. The molecule has 6 heteroatoms. The maximum Gasteiger partial charge on any atom is 0.244 e. The van der Waals surface area contributed by atoms with Gasteiger partial charge < -0.3 is 9.64 Å². The first kappa shape index (κ1) is 18.3. The molecule has 1 saturated heterocycles. The van der Waals surface area contributed by atoms with Crippen LogP contribution in [0.25, 0.3) is 0 Å². The van der Waals surface area contributed by atoms with Crippen LogP contribution in [0.15, 0.2) is 48.8 Å². The maximum absolute atomic E-state index is 13.6. The van der Waals surface area contributed by atoms with E-state index >= 15 is 0 Å². The molecule has 1 aromatic heterocycles. The number of aromatic nitrogens is 1. The molecule has 5 nitrogen and oxygen atoms in total. The zero-order valence-electron chi connectivity index (χ0n) is 15.1. The van der Waals surface area contributed by atoms with Crippen LogP contribution in [-0.4, -0.2) is 54.0 Å². The lowest BCUT2D eigenvalue weighted by Crippen LogP contribution is -2.46. The van der Waals surface area contributed by atoms with E-state index in [1.165, 1.54) is 12.1 Å². The third-order valence-corrected chi connectivity index (χ3v) is 4.62. The van der Waals surface area contributed by atoms with Gasteiger partial charge in [0, 0.05) is 38.3 Å². The number of halogens is 1. The molecule has 3 rings (SSSR count). The van der Waals surface area contributed by atoms with E-state index in [0.717, 1.165) is 18.6 Å². The predicted octanol–water partition coefficient (Wildman–Crippen LogP) is 2.89. The Morgan fingerprint density at radius 1 is 1.23 bits per heavy atom. The minimum atomic E-state index is -0.483. The molecule has 138 valence electrons. The maximum atomic E-state index is 13.6. The number of rotatable bonds is 5. The average molecular weight is 357 g/mol. The fraction of sp³-hybridized carbons (Fsp3) is 0.400. The van der Waals surface area contributed by atoms with Crippen molar-refractivity contribution >= 4 is 5.91 Å². The SMILES string of the molecule is CN(C)[C@H](C(=O)N1CCC(Oc2ccncc2)CC1)c1cccc(F)c1. The first-order valence-electron chi connectivity index (χ1n) is 8.82. The molecular formula is C20H24FN3O2. The Kier molecular flexibility index (Phi) is 5.83. The van der Waals surface area contributed by atoms with Gasteiger partial charge in [-0.05, 0) is 43.9 Å². The Morgan fingerprint density at radius 2 is 1.92 bits per heavy atom. The van der Waals surface area contributed by atoms with Crippen molar-refractivity contribution in [2.45, 2.75) is 25.0 Å². The zero-order chi connectivity index (χ0) is 18.5. The van der Waals surface area contributed by atoms with E-state index in [0.29, 0.717) is 18.7 Å². The van der Waals surface area contributed by atoms with E-state index in [-0.39, 0.29) is 17.8 Å². The number of carbonyl (C=O) groups excluding carboxylic acids is 1. The smallest absolute Gasteiger partial charge is 0.244 e. The van der Waals surface area contributed by atoms with Crippen molar-refractivity contribution in [3.05, 3.63) is 60.2 Å². The Balaban J connectivity index is 1.63. The molecule has 1 aliphatic heterocycles. The van der Waals surface area contributed by atoms with Crippen molar-refractivity contribution < 1.29 is 13.9 Å². The number of nitrogens with zero attached hydrogens (tertiary/aromatic N) is 3. The number of pyridine rings is 1. The molecule has 26 heavy (non-hydrogen) atoms. The van der Waals surface area contributed by atoms with Crippen LogP contribution in [0.2, 0.25) is 0 Å². The summed E-state index contributed by atoms with van der Waals surface area (Å²) in [6.45, 7) is 1.27. The second-order valence-electron chi connectivity index (χ2n) is 6.75. The van der Waals surface area contributed by atoms with Crippen LogP contribution in [0.5, 0.6) is 5.75 Å². The van der Waals surface area contributed by atoms with Crippen LogP contribution in [-0.2, 0) is 4.79 Å². The summed E-state index contributed by atoms with van der Waals surface area (Å²) in [5.41, 5.74) is 0.676. The fourth-order valence-electron chi connectivity index (χ4n) is 3.31. The summed E-state index contributed by atoms with van der Waals surface area (Å²) in [6, 6.07) is 9.45. The van der Waals surface area contributed by atoms with E-state index in [1.54, 1.807) is 24.5 Å². The fourth-order valence-corrected chi connectivity index (χ4v) is 3.31. The molecule has 1 aromatic carbocycles. The van der Waals surface area contributed by atoms with Gasteiger partial charge in [0.2, 0.25) is 5.91 Å². The second kappa shape index (κ2) is 8.27. The van der Waals surface area contributed by atoms with Crippen LogP contribution in [0.4, 0.5) is 4.39 Å². The van der Waals surface area contributed by atoms with Gasteiger partial charge in [0.15, 0.2) is 0 Å². The highest BCUT2D eigenvalue weighted by Gasteiger charge is 2.31. The third-order valence-electron chi connectivity index (χ3n) is 4.62. The summed E-state index contributed by atoms with van der Waals surface area (Å²) in [4.78, 5) is 20.7. The topological polar surface area (TPSA) is 45.7 Å². The zero-order valence-corrected chi connectivity index (χ0v) is 15.1. The van der Waals surface area contributed by atoms with E-state index in [4.69, 9.17) is 4.74 Å². The molecule has 1 fully saturated rings. The standard InChI is InChI=1S/C20H24FN3O2/c1-23(2)19(15-4-3-5-16(21)14-15)20(25)24-12-8-18(9-13-24)26-17-6-10-22-11-7-17/h3-7,10-11,14,18-19H,8-9,12-13H2,1-2H3/t19-/m0/s1. The second-order valence-corrected chi connectivity index (χ2v) is 6.75. The van der Waals surface area contributed by atoms with Gasteiger partial charge >= 0.3 is 0 Å². The highest BCUT2D eigenvalue weighted by atomic mass is 19.1. The van der Waals surface area contributed by atoms with Crippen molar-refractivity contribution in [2.24, 2.45) is 0 Å². The Bertz CT molecular complexity index is 731. The number of carbonyl (C=O) groups is 1. The average Bonchev–Trinajstić information content (AvgIpc) is 2.63. The quantitative estimate of drug-likeness (QED) is 0.825. The van der Waals surface area contributed by atoms with Gasteiger partial charge in [0.25, 0.3) is 0 Å². The van der Waals surface area contributed by atoms with Gasteiger partial charge in [-0.3, -0.25) is 14.7 Å². The normalized spacial score (nSPS) is 16.5. The molecule has 0 N–H and O–H groups in total. The number of likely N-dealkylation sites (N-methyl/N-ethyl adjacent to an activating group) is 1. The largest absolute Gasteiger partial charge is 0.490 e. The van der Waals surface area contributed by atoms with Crippen molar-refractivity contribution in [1.29, 1.82) is 0 Å². The van der Waals surface area contributed by atoms with Gasteiger partial charge in [-0.1, -0.05) is 12.1 Å². The van der Waals surface area contributed by atoms with Crippen molar-refractivity contribution in [2.75, 3.05) is 27.2 Å². The van der Waals surface area contributed by atoms with Gasteiger partial charge in [-0.2, -0.15) is 0 Å². The lowest BCUT2D eigenvalue weighted by atomic mass is 10.0. The number of amides is 1. The monoisotopic (exact) mass is 357 g/mol. The molecule has 1 aliphatic rings. The highest BCUT2D eigenvalue weighted by Crippen LogP contribution is 2.25. The Labute approximate surface area is 153 Å². The molecule has 0 radical (unpaired) electrons. The number of ether oxygens (including phenoxy) is 1. The number of likely N-dealkylation sites (tertiary alicyclic amines) is 1. The van der Waals surface area contributed by atoms with Gasteiger partial charge in [0.1, 0.15) is 23.7 Å². The molecule has 0 unspecified atom stereocenters. The molecule has 0 bridgehead atoms. The summed E-state index contributed by atoms with van der Waals surface area (Å²) in [6.07, 6.45) is 5.05. The van der Waals surface area contributed by atoms with Gasteiger partial charge in [-0.15, -0.1) is 0 Å². The third kappa shape index (κ3) is 4.38. The number of piperidine rings is 1. The summed E-state index contributed by atoms with van der Waals surface area (Å²) < 4.78 is 19.5.